The van der Waals surface area contributed by atoms with E-state index in [1.165, 1.54) is 43.4 Å². The van der Waals surface area contributed by atoms with Crippen LogP contribution in [0.25, 0.3) is 0 Å². The molecule has 1 saturated carbocycles. The Balaban J connectivity index is 1.85. The summed E-state index contributed by atoms with van der Waals surface area (Å²) in [7, 11) is 0. The molecule has 0 spiro atoms. The fraction of sp³-hybridized carbons (Fsp3) is 0.400. The maximum Gasteiger partial charge on any atom is 0.323 e. The number of carbonyl (C=O) groups is 1. The van der Waals surface area contributed by atoms with Crippen LogP contribution in [-0.2, 0) is 0 Å². The van der Waals surface area contributed by atoms with Crippen LogP contribution in [0.3, 0.4) is 0 Å². The topological polar surface area (TPSA) is 41.1 Å². The molecule has 1 aliphatic rings. The number of urea groups is 1. The van der Waals surface area contributed by atoms with Crippen molar-refractivity contribution in [3.63, 3.8) is 0 Å². The highest BCUT2D eigenvalue weighted by Gasteiger charge is 2.16. The number of hydrogen-bond donors (Lipinski definition) is 2. The highest BCUT2D eigenvalue weighted by molar-refractivity contribution is 5.89. The first-order valence-corrected chi connectivity index (χ1v) is 6.65. The minimum Gasteiger partial charge on any atom is -0.314 e. The first-order valence-electron chi connectivity index (χ1n) is 6.65. The molecule has 0 radical (unpaired) electrons. The average Bonchev–Trinajstić information content (AvgIpc) is 2.90. The van der Waals surface area contributed by atoms with E-state index in [0.717, 1.165) is 0 Å². The van der Waals surface area contributed by atoms with Gasteiger partial charge in [0, 0.05) is 11.9 Å². The lowest BCUT2D eigenvalue weighted by molar-refractivity contribution is 0.255. The third-order valence-corrected chi connectivity index (χ3v) is 3.51. The van der Waals surface area contributed by atoms with Crippen molar-refractivity contribution >= 4 is 11.7 Å². The van der Waals surface area contributed by atoms with E-state index >= 15 is 0 Å². The van der Waals surface area contributed by atoms with Gasteiger partial charge in [0.2, 0.25) is 0 Å². The lowest BCUT2D eigenvalue weighted by atomic mass is 10.0. The maximum atomic E-state index is 13.0. The number of rotatable bonds is 3. The van der Waals surface area contributed by atoms with E-state index in [2.05, 4.69) is 10.6 Å². The largest absolute Gasteiger partial charge is 0.323 e. The highest BCUT2D eigenvalue weighted by Crippen LogP contribution is 2.30. The minimum atomic E-state index is -0.365. The Morgan fingerprint density at radius 2 is 2.11 bits per heavy atom. The number of carbonyl (C=O) groups excluding carboxylic acids is 1. The Bertz CT molecular complexity index is 479. The summed E-state index contributed by atoms with van der Waals surface area (Å²) in [4.78, 5) is 11.7. The number of benzene rings is 1. The Labute approximate surface area is 112 Å². The molecule has 1 aromatic rings. The van der Waals surface area contributed by atoms with Crippen molar-refractivity contribution < 1.29 is 9.18 Å². The summed E-state index contributed by atoms with van der Waals surface area (Å²) in [6.45, 7) is 2.04. The van der Waals surface area contributed by atoms with E-state index in [1.807, 2.05) is 6.92 Å². The van der Waals surface area contributed by atoms with Crippen molar-refractivity contribution in [3.05, 3.63) is 41.9 Å². The SMILES string of the molecule is C/C(=C\NC(=O)Nc1cccc(F)c1)C1CCCC1. The molecular weight excluding hydrogens is 243 g/mol. The van der Waals surface area contributed by atoms with Crippen LogP contribution in [0.15, 0.2) is 36.0 Å². The van der Waals surface area contributed by atoms with E-state index in [4.69, 9.17) is 0 Å². The molecule has 102 valence electrons. The molecule has 0 unspecified atom stereocenters. The summed E-state index contributed by atoms with van der Waals surface area (Å²) in [6.07, 6.45) is 6.70. The zero-order valence-corrected chi connectivity index (χ0v) is 11.1. The third-order valence-electron chi connectivity index (χ3n) is 3.51. The zero-order valence-electron chi connectivity index (χ0n) is 11.1. The van der Waals surface area contributed by atoms with Crippen LogP contribution in [0.5, 0.6) is 0 Å². The van der Waals surface area contributed by atoms with Gasteiger partial charge in [-0.1, -0.05) is 24.5 Å². The van der Waals surface area contributed by atoms with Gasteiger partial charge < -0.3 is 10.6 Å². The van der Waals surface area contributed by atoms with Crippen molar-refractivity contribution in [1.29, 1.82) is 0 Å². The molecule has 19 heavy (non-hydrogen) atoms. The molecule has 0 aliphatic heterocycles. The Morgan fingerprint density at radius 1 is 1.37 bits per heavy atom. The second kappa shape index (κ2) is 6.36. The van der Waals surface area contributed by atoms with Gasteiger partial charge >= 0.3 is 6.03 Å². The van der Waals surface area contributed by atoms with Crippen LogP contribution in [0.4, 0.5) is 14.9 Å². The molecule has 1 aliphatic carbocycles. The van der Waals surface area contributed by atoms with Crippen LogP contribution in [0.2, 0.25) is 0 Å². The number of amides is 2. The van der Waals surface area contributed by atoms with Gasteiger partial charge in [0.1, 0.15) is 5.82 Å². The summed E-state index contributed by atoms with van der Waals surface area (Å²) in [5.74, 6) is 0.227. The molecule has 1 fully saturated rings. The summed E-state index contributed by atoms with van der Waals surface area (Å²) >= 11 is 0. The van der Waals surface area contributed by atoms with Crippen LogP contribution >= 0.6 is 0 Å². The monoisotopic (exact) mass is 262 g/mol. The molecular formula is C15H19FN2O. The van der Waals surface area contributed by atoms with Gasteiger partial charge in [0.15, 0.2) is 0 Å². The Morgan fingerprint density at radius 3 is 2.79 bits per heavy atom. The lowest BCUT2D eigenvalue weighted by Gasteiger charge is -2.10. The molecule has 1 aromatic carbocycles. The van der Waals surface area contributed by atoms with E-state index in [9.17, 15) is 9.18 Å². The highest BCUT2D eigenvalue weighted by atomic mass is 19.1. The number of halogens is 1. The number of allylic oxidation sites excluding steroid dienone is 1. The van der Waals surface area contributed by atoms with Crippen molar-refractivity contribution in [2.75, 3.05) is 5.32 Å². The van der Waals surface area contributed by atoms with Gasteiger partial charge in [-0.3, -0.25) is 0 Å². The second-order valence-electron chi connectivity index (χ2n) is 4.98. The van der Waals surface area contributed by atoms with Crippen LogP contribution in [-0.4, -0.2) is 6.03 Å². The van der Waals surface area contributed by atoms with Crippen molar-refractivity contribution in [2.24, 2.45) is 5.92 Å². The maximum absolute atomic E-state index is 13.0. The molecule has 0 heterocycles. The molecule has 0 atom stereocenters. The summed E-state index contributed by atoms with van der Waals surface area (Å²) in [6, 6.07) is 5.49. The smallest absolute Gasteiger partial charge is 0.314 e. The second-order valence-corrected chi connectivity index (χ2v) is 4.98. The molecule has 0 bridgehead atoms. The van der Waals surface area contributed by atoms with Gasteiger partial charge in [0.25, 0.3) is 0 Å². The fourth-order valence-corrected chi connectivity index (χ4v) is 2.41. The van der Waals surface area contributed by atoms with Crippen LogP contribution in [0, 0.1) is 11.7 Å². The minimum absolute atomic E-state index is 0.344. The van der Waals surface area contributed by atoms with Gasteiger partial charge in [0.05, 0.1) is 0 Å². The number of nitrogens with one attached hydrogen (secondary N) is 2. The van der Waals surface area contributed by atoms with E-state index in [1.54, 1.807) is 18.3 Å². The van der Waals surface area contributed by atoms with E-state index in [-0.39, 0.29) is 11.8 Å². The number of anilines is 1. The molecule has 4 heteroatoms. The van der Waals surface area contributed by atoms with Crippen molar-refractivity contribution in [1.82, 2.24) is 5.32 Å². The first kappa shape index (κ1) is 13.6. The van der Waals surface area contributed by atoms with Crippen molar-refractivity contribution in [3.8, 4) is 0 Å². The Kier molecular flexibility index (Phi) is 4.55. The predicted octanol–water partition coefficient (Wildman–Crippen LogP) is 4.04. The summed E-state index contributed by atoms with van der Waals surface area (Å²) in [5, 5.41) is 5.29. The summed E-state index contributed by atoms with van der Waals surface area (Å²) in [5.41, 5.74) is 1.65. The normalized spacial score (nSPS) is 16.4. The standard InChI is InChI=1S/C15H19FN2O/c1-11(12-5-2-3-6-12)10-17-15(19)18-14-8-4-7-13(16)9-14/h4,7-10,12H,2-3,5-6H2,1H3,(H2,17,18,19)/b11-10+. The lowest BCUT2D eigenvalue weighted by Crippen LogP contribution is -2.24. The molecule has 3 nitrogen and oxygen atoms in total. The summed E-state index contributed by atoms with van der Waals surface area (Å²) < 4.78 is 13.0. The van der Waals surface area contributed by atoms with Crippen LogP contribution < -0.4 is 10.6 Å². The number of hydrogen-bond acceptors (Lipinski definition) is 1. The van der Waals surface area contributed by atoms with Gasteiger partial charge in [-0.2, -0.15) is 0 Å². The molecule has 0 saturated heterocycles. The zero-order chi connectivity index (χ0) is 13.7. The van der Waals surface area contributed by atoms with Gasteiger partial charge in [-0.05, 0) is 43.9 Å². The van der Waals surface area contributed by atoms with E-state index in [0.29, 0.717) is 11.6 Å². The molecule has 2 amide bonds. The van der Waals surface area contributed by atoms with Crippen LogP contribution in [0.1, 0.15) is 32.6 Å². The molecule has 2 N–H and O–H groups in total. The Hall–Kier alpha value is -1.84. The quantitative estimate of drug-likeness (QED) is 0.848. The van der Waals surface area contributed by atoms with Gasteiger partial charge in [-0.15, -0.1) is 0 Å². The van der Waals surface area contributed by atoms with Crippen molar-refractivity contribution in [2.45, 2.75) is 32.6 Å². The fourth-order valence-electron chi connectivity index (χ4n) is 2.41. The average molecular weight is 262 g/mol. The predicted molar refractivity (Wildman–Crippen MR) is 74.3 cm³/mol. The third kappa shape index (κ3) is 4.09. The van der Waals surface area contributed by atoms with E-state index < -0.39 is 0 Å². The molecule has 2 rings (SSSR count). The first-order chi connectivity index (χ1) is 9.15. The molecule has 0 aromatic heterocycles. The van der Waals surface area contributed by atoms with Gasteiger partial charge in [-0.25, -0.2) is 9.18 Å².